The lowest BCUT2D eigenvalue weighted by Crippen LogP contribution is -2.31. The van der Waals surface area contributed by atoms with Gasteiger partial charge in [-0.25, -0.2) is 0 Å². The maximum absolute atomic E-state index is 11.9. The summed E-state index contributed by atoms with van der Waals surface area (Å²) >= 11 is 0. The van der Waals surface area contributed by atoms with E-state index in [0.717, 1.165) is 0 Å². The van der Waals surface area contributed by atoms with E-state index in [1.165, 1.54) is 62.8 Å². The van der Waals surface area contributed by atoms with Gasteiger partial charge >= 0.3 is 0 Å². The van der Waals surface area contributed by atoms with Crippen LogP contribution in [0, 0.1) is 0 Å². The molecule has 4 atom stereocenters. The van der Waals surface area contributed by atoms with Gasteiger partial charge in [0.05, 0.1) is 26.4 Å². The van der Waals surface area contributed by atoms with Gasteiger partial charge in [0.2, 0.25) is 0 Å². The molecular formula is C39H36O14. The van der Waals surface area contributed by atoms with E-state index in [-0.39, 0.29) is 63.7 Å². The molecule has 2 aliphatic heterocycles. The van der Waals surface area contributed by atoms with Crippen molar-refractivity contribution in [1.29, 1.82) is 0 Å². The van der Waals surface area contributed by atoms with Crippen molar-refractivity contribution in [2.24, 2.45) is 0 Å². The fourth-order valence-corrected chi connectivity index (χ4v) is 7.11. The van der Waals surface area contributed by atoms with E-state index in [1.54, 1.807) is 18.2 Å². The highest BCUT2D eigenvalue weighted by atomic mass is 16.5. The van der Waals surface area contributed by atoms with Gasteiger partial charge in [0.15, 0.2) is 23.0 Å². The first-order chi connectivity index (χ1) is 25.3. The molecule has 10 N–H and O–H groups in total. The van der Waals surface area contributed by atoms with Crippen LogP contribution in [-0.4, -0.2) is 77.5 Å². The topological polar surface area (TPSA) is 239 Å². The number of methoxy groups -OCH3 is 2. The van der Waals surface area contributed by atoms with E-state index in [0.29, 0.717) is 22.6 Å². The molecule has 0 radical (unpaired) electrons. The molecule has 7 rings (SSSR count). The monoisotopic (exact) mass is 728 g/mol. The molecule has 53 heavy (non-hydrogen) atoms. The lowest BCUT2D eigenvalue weighted by atomic mass is 9.79. The zero-order valence-corrected chi connectivity index (χ0v) is 28.3. The minimum absolute atomic E-state index is 0.00954. The second-order valence-corrected chi connectivity index (χ2v) is 13.0. The first kappa shape index (κ1) is 35.0. The molecule has 2 aliphatic rings. The van der Waals surface area contributed by atoms with Crippen molar-refractivity contribution in [1.82, 2.24) is 0 Å². The van der Waals surface area contributed by atoms with Crippen molar-refractivity contribution in [3.05, 3.63) is 106 Å². The number of benzene rings is 5. The maximum atomic E-state index is 11.9. The average Bonchev–Trinajstić information content (AvgIpc) is 3.13. The molecule has 0 amide bonds. The lowest BCUT2D eigenvalue weighted by Gasteiger charge is -2.34. The number of hydrogen-bond donors (Lipinski definition) is 10. The highest BCUT2D eigenvalue weighted by molar-refractivity contribution is 5.69. The molecule has 276 valence electrons. The molecule has 0 unspecified atom stereocenters. The second-order valence-electron chi connectivity index (χ2n) is 13.0. The van der Waals surface area contributed by atoms with Gasteiger partial charge in [-0.15, -0.1) is 0 Å². The van der Waals surface area contributed by atoms with Crippen LogP contribution in [-0.2, 0) is 12.8 Å². The van der Waals surface area contributed by atoms with E-state index in [9.17, 15) is 51.1 Å². The van der Waals surface area contributed by atoms with Crippen LogP contribution in [0.3, 0.4) is 0 Å². The Kier molecular flexibility index (Phi) is 8.80. The molecule has 5 aromatic carbocycles. The number of ether oxygens (including phenoxy) is 4. The summed E-state index contributed by atoms with van der Waals surface area (Å²) in [6, 6.07) is 15.0. The third kappa shape index (κ3) is 6.07. The summed E-state index contributed by atoms with van der Waals surface area (Å²) in [5, 5.41) is 109. The van der Waals surface area contributed by atoms with E-state index >= 15 is 0 Å². The zero-order valence-electron chi connectivity index (χ0n) is 28.3. The van der Waals surface area contributed by atoms with Crippen LogP contribution in [0.25, 0.3) is 0 Å². The molecule has 0 spiro atoms. The normalized spacial score (nSPS) is 19.1. The lowest BCUT2D eigenvalue weighted by molar-refractivity contribution is 0.0195. The summed E-state index contributed by atoms with van der Waals surface area (Å²) in [5.74, 6) is -4.39. The van der Waals surface area contributed by atoms with Crippen LogP contribution in [0.15, 0.2) is 66.7 Å². The quantitative estimate of drug-likeness (QED) is 0.0814. The summed E-state index contributed by atoms with van der Waals surface area (Å²) in [4.78, 5) is 0. The molecule has 5 aromatic rings. The van der Waals surface area contributed by atoms with Gasteiger partial charge in [0.25, 0.3) is 0 Å². The van der Waals surface area contributed by atoms with Gasteiger partial charge in [-0.05, 0) is 53.1 Å². The minimum Gasteiger partial charge on any atom is -0.507 e. The fraction of sp³-hybridized carbons (Fsp3) is 0.231. The van der Waals surface area contributed by atoms with Crippen molar-refractivity contribution in [2.75, 3.05) is 14.2 Å². The highest BCUT2D eigenvalue weighted by Gasteiger charge is 2.40. The van der Waals surface area contributed by atoms with Gasteiger partial charge in [-0.1, -0.05) is 12.1 Å². The number of aromatic hydroxyl groups is 8. The molecule has 14 nitrogen and oxygen atoms in total. The zero-order chi connectivity index (χ0) is 37.9. The third-order valence-electron chi connectivity index (χ3n) is 9.74. The number of fused-ring (bicyclic) bond motifs is 2. The Bertz CT molecular complexity index is 2080. The van der Waals surface area contributed by atoms with Crippen molar-refractivity contribution in [2.45, 2.75) is 43.2 Å². The Hall–Kier alpha value is -6.38. The van der Waals surface area contributed by atoms with Crippen molar-refractivity contribution >= 4 is 0 Å². The highest BCUT2D eigenvalue weighted by Crippen LogP contribution is 2.56. The molecule has 0 bridgehead atoms. The number of aliphatic hydroxyl groups excluding tert-OH is 2. The smallest absolute Gasteiger partial charge is 0.157 e. The molecule has 14 heteroatoms. The Morgan fingerprint density at radius 1 is 0.528 bits per heavy atom. The molecule has 2 heterocycles. The van der Waals surface area contributed by atoms with E-state index in [1.807, 2.05) is 0 Å². The molecule has 0 aliphatic carbocycles. The summed E-state index contributed by atoms with van der Waals surface area (Å²) in [5.41, 5.74) is 0.745. The van der Waals surface area contributed by atoms with Crippen LogP contribution in [0.2, 0.25) is 0 Å². The molecule has 0 aromatic heterocycles. The number of hydrogen-bond acceptors (Lipinski definition) is 14. The van der Waals surface area contributed by atoms with Gasteiger partial charge in [-0.3, -0.25) is 0 Å². The Morgan fingerprint density at radius 3 is 1.32 bits per heavy atom. The first-order valence-electron chi connectivity index (χ1n) is 16.4. The minimum atomic E-state index is -1.34. The summed E-state index contributed by atoms with van der Waals surface area (Å²) in [6.45, 7) is 0. The van der Waals surface area contributed by atoms with Crippen LogP contribution >= 0.6 is 0 Å². The maximum Gasteiger partial charge on any atom is 0.157 e. The van der Waals surface area contributed by atoms with Gasteiger partial charge in [0, 0.05) is 59.2 Å². The average molecular weight is 729 g/mol. The number of phenols is 8. The second kappa shape index (κ2) is 13.3. The summed E-state index contributed by atoms with van der Waals surface area (Å²) in [7, 11) is 2.84. The van der Waals surface area contributed by atoms with Crippen LogP contribution in [0.4, 0.5) is 0 Å². The molecule has 0 saturated carbocycles. The Labute approximate surface area is 301 Å². The fourth-order valence-electron chi connectivity index (χ4n) is 7.11. The van der Waals surface area contributed by atoms with Crippen LogP contribution in [0.5, 0.6) is 69.0 Å². The van der Waals surface area contributed by atoms with E-state index < -0.39 is 64.8 Å². The summed E-state index contributed by atoms with van der Waals surface area (Å²) in [6.07, 6.45) is -5.01. The van der Waals surface area contributed by atoms with Crippen LogP contribution < -0.4 is 18.9 Å². The Balaban J connectivity index is 1.38. The summed E-state index contributed by atoms with van der Waals surface area (Å²) < 4.78 is 23.0. The first-order valence-corrected chi connectivity index (χ1v) is 16.4. The van der Waals surface area contributed by atoms with Gasteiger partial charge in [-0.2, -0.15) is 0 Å². The van der Waals surface area contributed by atoms with Crippen LogP contribution in [0.1, 0.15) is 57.1 Å². The van der Waals surface area contributed by atoms with E-state index in [4.69, 9.17) is 18.9 Å². The number of rotatable bonds is 7. The van der Waals surface area contributed by atoms with Gasteiger partial charge < -0.3 is 70.0 Å². The van der Waals surface area contributed by atoms with E-state index in [2.05, 4.69) is 0 Å². The predicted molar refractivity (Wildman–Crippen MR) is 186 cm³/mol. The number of phenolic OH excluding ortho intramolecular Hbond substituents is 8. The van der Waals surface area contributed by atoms with Crippen molar-refractivity contribution in [3.8, 4) is 69.0 Å². The molecular weight excluding hydrogens is 692 g/mol. The van der Waals surface area contributed by atoms with Crippen molar-refractivity contribution in [3.63, 3.8) is 0 Å². The third-order valence-corrected chi connectivity index (χ3v) is 9.74. The SMILES string of the molecule is COc1cc(OC)cc(C(c2c(O)cc3c(c2O)C[C@H](O)[C@@H](c2ccc(O)c(O)c2)O3)c2c(O)cc3c(c2O)C[C@H](O)[C@@H](c2ccc(O)c(O)c2)O3)c1. The van der Waals surface area contributed by atoms with Gasteiger partial charge in [0.1, 0.15) is 58.2 Å². The number of aliphatic hydroxyl groups is 2. The largest absolute Gasteiger partial charge is 0.507 e. The molecule has 0 saturated heterocycles. The van der Waals surface area contributed by atoms with Crippen molar-refractivity contribution < 1.29 is 70.0 Å². The predicted octanol–water partition coefficient (Wildman–Crippen LogP) is 4.60. The Morgan fingerprint density at radius 2 is 0.943 bits per heavy atom. The standard InChI is InChI=1S/C39H36O14/c1-50-19-7-18(8-20(11-19)51-2)33(34-27(44)14-31-21(36(34)48)12-29(46)38(52-31)16-3-5-23(40)25(42)9-16)35-28(45)15-32-22(37(35)49)13-30(47)39(53-32)17-4-6-24(41)26(43)10-17/h3-11,14-15,29-30,33,38-49H,12-13H2,1-2H3/t29-,30-,38+,39+/m0/s1. The molecule has 0 fully saturated rings.